The second kappa shape index (κ2) is 13.8. The molecule has 0 atom stereocenters. The van der Waals surface area contributed by atoms with E-state index in [0.29, 0.717) is 11.8 Å². The lowest BCUT2D eigenvalue weighted by Crippen LogP contribution is -2.14. The minimum Gasteiger partial charge on any atom is -0.457 e. The molecule has 262 valence electrons. The summed E-state index contributed by atoms with van der Waals surface area (Å²) in [7, 11) is 0. The predicted molar refractivity (Wildman–Crippen MR) is 214 cm³/mol. The molecule has 3 heterocycles. The normalized spacial score (nSPS) is 15.8. The van der Waals surface area contributed by atoms with Crippen LogP contribution >= 0.6 is 0 Å². The molecule has 0 amide bonds. The van der Waals surface area contributed by atoms with Crippen molar-refractivity contribution in [1.82, 2.24) is 19.3 Å². The van der Waals surface area contributed by atoms with Crippen molar-refractivity contribution in [3.63, 3.8) is 0 Å². The Balaban J connectivity index is 1.08. The number of hydrogen-bond donors (Lipinski definition) is 0. The molecule has 9 rings (SSSR count). The Kier molecular flexibility index (Phi) is 8.66. The summed E-state index contributed by atoms with van der Waals surface area (Å²) in [6.45, 7) is 6.81. The number of aryl methyl sites for hydroxylation is 3. The minimum absolute atomic E-state index is 0.629. The molecule has 2 fully saturated rings. The number of pyridine rings is 1. The Labute approximate surface area is 307 Å². The maximum Gasteiger partial charge on any atom is 0.137 e. The number of fused-ring (bicyclic) bond motifs is 3. The first-order chi connectivity index (χ1) is 25.5. The largest absolute Gasteiger partial charge is 0.457 e. The first kappa shape index (κ1) is 32.7. The number of ether oxygens (including phenoxy) is 1. The lowest BCUT2D eigenvalue weighted by atomic mass is 9.72. The third-order valence-corrected chi connectivity index (χ3v) is 11.8. The first-order valence-corrected chi connectivity index (χ1v) is 19.5. The fourth-order valence-electron chi connectivity index (χ4n) is 9.49. The van der Waals surface area contributed by atoms with Crippen LogP contribution in [0.2, 0.25) is 0 Å². The van der Waals surface area contributed by atoms with E-state index in [1.54, 1.807) is 11.1 Å². The number of aromatic nitrogens is 4. The Morgan fingerprint density at radius 3 is 2.06 bits per heavy atom. The molecule has 52 heavy (non-hydrogen) atoms. The summed E-state index contributed by atoms with van der Waals surface area (Å²) < 4.78 is 10.9. The SMILES string of the molecule is Cc1ccnc(-n2c3ccccc3c3ccc(Oc4cccc(-n5cc(-c6c(C7CCCCC7)c(C)cc(C)c6C6CCCCC6)cn5)c4)cc32)c1. The second-order valence-electron chi connectivity index (χ2n) is 15.4. The summed E-state index contributed by atoms with van der Waals surface area (Å²) in [6, 6.07) is 29.9. The zero-order chi connectivity index (χ0) is 35.2. The number of rotatable bonds is 7. The second-order valence-corrected chi connectivity index (χ2v) is 15.4. The van der Waals surface area contributed by atoms with Gasteiger partial charge >= 0.3 is 0 Å². The van der Waals surface area contributed by atoms with Crippen LogP contribution in [0.3, 0.4) is 0 Å². The molecular weight excluding hydrogens is 637 g/mol. The molecule has 0 radical (unpaired) electrons. The van der Waals surface area contributed by atoms with Gasteiger partial charge in [0.2, 0.25) is 0 Å². The van der Waals surface area contributed by atoms with E-state index in [9.17, 15) is 0 Å². The van der Waals surface area contributed by atoms with Crippen LogP contribution in [-0.2, 0) is 0 Å². The number of para-hydroxylation sites is 1. The van der Waals surface area contributed by atoms with E-state index < -0.39 is 0 Å². The fraction of sp³-hybridized carbons (Fsp3) is 0.319. The van der Waals surface area contributed by atoms with Gasteiger partial charge in [-0.1, -0.05) is 68.9 Å². The van der Waals surface area contributed by atoms with E-state index in [2.05, 4.69) is 111 Å². The standard InChI is InChI=1S/C47H48N4O/c1-31-23-24-48-44(25-31)51-42-20-11-10-19-40(42)41-22-21-39(28-43(41)51)52-38-18-12-17-37(27-38)50-30-36(29-49-50)47-45(34-13-6-4-7-14-34)32(2)26-33(3)46(47)35-15-8-5-9-16-35/h10-12,17-30,34-35H,4-9,13-16H2,1-3H3. The summed E-state index contributed by atoms with van der Waals surface area (Å²) in [5.41, 5.74) is 13.2. The molecule has 2 aliphatic carbocycles. The summed E-state index contributed by atoms with van der Waals surface area (Å²) in [5, 5.41) is 7.39. The van der Waals surface area contributed by atoms with Gasteiger partial charge in [0.1, 0.15) is 17.3 Å². The summed E-state index contributed by atoms with van der Waals surface area (Å²) >= 11 is 0. The van der Waals surface area contributed by atoms with Gasteiger partial charge in [-0.15, -0.1) is 0 Å². The molecule has 3 aromatic heterocycles. The van der Waals surface area contributed by atoms with E-state index in [-0.39, 0.29) is 0 Å². The molecule has 0 saturated heterocycles. The van der Waals surface area contributed by atoms with E-state index in [4.69, 9.17) is 14.8 Å². The topological polar surface area (TPSA) is 44.9 Å². The first-order valence-electron chi connectivity index (χ1n) is 19.5. The predicted octanol–water partition coefficient (Wildman–Crippen LogP) is 12.8. The smallest absolute Gasteiger partial charge is 0.137 e. The molecule has 0 bridgehead atoms. The lowest BCUT2D eigenvalue weighted by molar-refractivity contribution is 0.435. The van der Waals surface area contributed by atoms with Gasteiger partial charge in [-0.2, -0.15) is 5.10 Å². The van der Waals surface area contributed by atoms with Gasteiger partial charge in [-0.3, -0.25) is 4.57 Å². The maximum atomic E-state index is 6.60. The molecule has 5 heteroatoms. The van der Waals surface area contributed by atoms with E-state index in [1.165, 1.54) is 103 Å². The highest BCUT2D eigenvalue weighted by molar-refractivity contribution is 6.09. The zero-order valence-corrected chi connectivity index (χ0v) is 30.7. The molecule has 0 unspecified atom stereocenters. The van der Waals surface area contributed by atoms with Crippen molar-refractivity contribution in [1.29, 1.82) is 0 Å². The third-order valence-electron chi connectivity index (χ3n) is 11.8. The van der Waals surface area contributed by atoms with Crippen LogP contribution in [0, 0.1) is 20.8 Å². The van der Waals surface area contributed by atoms with Gasteiger partial charge < -0.3 is 4.74 Å². The van der Waals surface area contributed by atoms with Crippen molar-refractivity contribution in [2.75, 3.05) is 0 Å². The van der Waals surface area contributed by atoms with Crippen LogP contribution in [0.5, 0.6) is 11.5 Å². The number of hydrogen-bond acceptors (Lipinski definition) is 3. The summed E-state index contributed by atoms with van der Waals surface area (Å²) in [6.07, 6.45) is 19.5. The van der Waals surface area contributed by atoms with Gasteiger partial charge in [0.25, 0.3) is 0 Å². The van der Waals surface area contributed by atoms with Crippen LogP contribution in [0.1, 0.15) is 104 Å². The van der Waals surface area contributed by atoms with Gasteiger partial charge in [-0.05, 0) is 134 Å². The van der Waals surface area contributed by atoms with Crippen molar-refractivity contribution in [3.8, 4) is 34.1 Å². The van der Waals surface area contributed by atoms with E-state index in [1.807, 2.05) is 23.0 Å². The zero-order valence-electron chi connectivity index (χ0n) is 30.7. The van der Waals surface area contributed by atoms with E-state index >= 15 is 0 Å². The molecule has 5 nitrogen and oxygen atoms in total. The van der Waals surface area contributed by atoms with Crippen molar-refractivity contribution in [2.45, 2.75) is 96.8 Å². The van der Waals surface area contributed by atoms with Gasteiger partial charge in [0.15, 0.2) is 0 Å². The van der Waals surface area contributed by atoms with Crippen molar-refractivity contribution in [3.05, 3.63) is 131 Å². The minimum atomic E-state index is 0.629. The Morgan fingerprint density at radius 1 is 0.635 bits per heavy atom. The van der Waals surface area contributed by atoms with Crippen LogP contribution < -0.4 is 4.74 Å². The highest BCUT2D eigenvalue weighted by Crippen LogP contribution is 2.47. The molecule has 0 aliphatic heterocycles. The molecule has 0 spiro atoms. The lowest BCUT2D eigenvalue weighted by Gasteiger charge is -2.32. The monoisotopic (exact) mass is 684 g/mol. The van der Waals surface area contributed by atoms with E-state index in [0.717, 1.165) is 34.0 Å². The average Bonchev–Trinajstić information content (AvgIpc) is 3.79. The average molecular weight is 685 g/mol. The highest BCUT2D eigenvalue weighted by Gasteiger charge is 2.29. The number of benzene rings is 4. The fourth-order valence-corrected chi connectivity index (χ4v) is 9.49. The van der Waals surface area contributed by atoms with Crippen LogP contribution in [0.4, 0.5) is 0 Å². The van der Waals surface area contributed by atoms with Crippen LogP contribution in [0.15, 0.2) is 104 Å². The molecule has 2 aliphatic rings. The summed E-state index contributed by atoms with van der Waals surface area (Å²) in [5.74, 6) is 3.73. The third kappa shape index (κ3) is 6.00. The number of nitrogens with zero attached hydrogens (tertiary/aromatic N) is 4. The maximum absolute atomic E-state index is 6.60. The summed E-state index contributed by atoms with van der Waals surface area (Å²) in [4.78, 5) is 4.75. The Bertz CT molecular complexity index is 2360. The van der Waals surface area contributed by atoms with Crippen LogP contribution in [-0.4, -0.2) is 19.3 Å². The molecule has 7 aromatic rings. The van der Waals surface area contributed by atoms with Crippen molar-refractivity contribution in [2.24, 2.45) is 0 Å². The molecule has 4 aromatic carbocycles. The Morgan fingerprint density at radius 2 is 1.33 bits per heavy atom. The van der Waals surface area contributed by atoms with Gasteiger partial charge in [0, 0.05) is 40.9 Å². The van der Waals surface area contributed by atoms with Crippen molar-refractivity contribution < 1.29 is 4.74 Å². The molecule has 0 N–H and O–H groups in total. The highest BCUT2D eigenvalue weighted by atomic mass is 16.5. The Hall–Kier alpha value is -5.16. The molecular formula is C47H48N4O. The quantitative estimate of drug-likeness (QED) is 0.168. The van der Waals surface area contributed by atoms with Gasteiger partial charge in [0.05, 0.1) is 22.9 Å². The van der Waals surface area contributed by atoms with Crippen molar-refractivity contribution >= 4 is 21.8 Å². The molecule has 2 saturated carbocycles. The van der Waals surface area contributed by atoms with Crippen LogP contribution in [0.25, 0.3) is 44.4 Å². The van der Waals surface area contributed by atoms with Gasteiger partial charge in [-0.25, -0.2) is 9.67 Å².